The van der Waals surface area contributed by atoms with Crippen molar-refractivity contribution >= 4 is 22.4 Å². The minimum Gasteiger partial charge on any atom is -0.481 e. The molecular weight excluding hydrogens is 252 g/mol. The Kier molecular flexibility index (Phi) is 3.93. The molecule has 2 heterocycles. The number of nitrogens with zero attached hydrogens (tertiary/aromatic N) is 3. The van der Waals surface area contributed by atoms with Crippen molar-refractivity contribution in [2.24, 2.45) is 0 Å². The van der Waals surface area contributed by atoms with Crippen LogP contribution in [0, 0.1) is 0 Å². The van der Waals surface area contributed by atoms with E-state index in [1.165, 1.54) is 11.3 Å². The predicted octanol–water partition coefficient (Wildman–Crippen LogP) is 1.52. The minimum atomic E-state index is -0.795. The van der Waals surface area contributed by atoms with Gasteiger partial charge in [-0.05, 0) is 0 Å². The first kappa shape index (κ1) is 12.6. The molecule has 0 aliphatic carbocycles. The number of aromatic amines is 1. The standard InChI is InChI=1S/C11H14N4O2S/c1-15(6-8-4-12-13-5-8)11-14-9(7-18-11)2-3-10(16)17/h4-5,7H,2-3,6H2,1H3,(H,12,13)(H,16,17). The predicted molar refractivity (Wildman–Crippen MR) is 68.8 cm³/mol. The third-order valence-corrected chi connectivity index (χ3v) is 3.44. The molecule has 0 saturated heterocycles. The quantitative estimate of drug-likeness (QED) is 0.828. The molecule has 0 spiro atoms. The summed E-state index contributed by atoms with van der Waals surface area (Å²) in [4.78, 5) is 16.9. The number of thiazole rings is 1. The second-order valence-corrected chi connectivity index (χ2v) is 4.81. The molecule has 2 rings (SSSR count). The van der Waals surface area contributed by atoms with Crippen LogP contribution in [-0.2, 0) is 17.8 Å². The van der Waals surface area contributed by atoms with E-state index in [0.29, 0.717) is 6.42 Å². The van der Waals surface area contributed by atoms with Crippen LogP contribution in [0.2, 0.25) is 0 Å². The number of anilines is 1. The Hall–Kier alpha value is -1.89. The lowest BCUT2D eigenvalue weighted by molar-refractivity contribution is -0.136. The van der Waals surface area contributed by atoms with Gasteiger partial charge in [-0.25, -0.2) is 4.98 Å². The van der Waals surface area contributed by atoms with Gasteiger partial charge in [-0.1, -0.05) is 0 Å². The van der Waals surface area contributed by atoms with Crippen molar-refractivity contribution in [1.82, 2.24) is 15.2 Å². The van der Waals surface area contributed by atoms with Crippen LogP contribution in [0.1, 0.15) is 17.7 Å². The average Bonchev–Trinajstić information content (AvgIpc) is 2.96. The van der Waals surface area contributed by atoms with E-state index < -0.39 is 5.97 Å². The fraction of sp³-hybridized carbons (Fsp3) is 0.364. The fourth-order valence-corrected chi connectivity index (χ4v) is 2.35. The number of aromatic nitrogens is 3. The molecule has 0 bridgehead atoms. The number of rotatable bonds is 6. The summed E-state index contributed by atoms with van der Waals surface area (Å²) in [6.07, 6.45) is 4.21. The number of carbonyl (C=O) groups is 1. The van der Waals surface area contributed by atoms with Gasteiger partial charge in [0.2, 0.25) is 0 Å². The van der Waals surface area contributed by atoms with E-state index in [1.807, 2.05) is 23.5 Å². The van der Waals surface area contributed by atoms with E-state index in [-0.39, 0.29) is 6.42 Å². The van der Waals surface area contributed by atoms with Crippen LogP contribution in [0.5, 0.6) is 0 Å². The van der Waals surface area contributed by atoms with Gasteiger partial charge in [0.05, 0.1) is 18.3 Å². The summed E-state index contributed by atoms with van der Waals surface area (Å²) < 4.78 is 0. The van der Waals surface area contributed by atoms with Crippen LogP contribution in [0.4, 0.5) is 5.13 Å². The molecule has 18 heavy (non-hydrogen) atoms. The number of aryl methyl sites for hydroxylation is 1. The van der Waals surface area contributed by atoms with Crippen molar-refractivity contribution in [2.45, 2.75) is 19.4 Å². The summed E-state index contributed by atoms with van der Waals surface area (Å²) in [7, 11) is 1.95. The lowest BCUT2D eigenvalue weighted by Crippen LogP contribution is -2.15. The molecule has 2 N–H and O–H groups in total. The highest BCUT2D eigenvalue weighted by atomic mass is 32.1. The number of carboxylic acid groups (broad SMARTS) is 1. The molecule has 7 heteroatoms. The first-order valence-corrected chi connectivity index (χ1v) is 6.38. The van der Waals surface area contributed by atoms with E-state index in [0.717, 1.165) is 22.9 Å². The summed E-state index contributed by atoms with van der Waals surface area (Å²) in [6.45, 7) is 0.725. The maximum Gasteiger partial charge on any atom is 0.303 e. The molecule has 2 aromatic rings. The van der Waals surface area contributed by atoms with E-state index in [2.05, 4.69) is 15.2 Å². The van der Waals surface area contributed by atoms with Crippen molar-refractivity contribution in [3.05, 3.63) is 29.0 Å². The van der Waals surface area contributed by atoms with E-state index in [9.17, 15) is 4.79 Å². The van der Waals surface area contributed by atoms with Crippen molar-refractivity contribution in [3.63, 3.8) is 0 Å². The maximum atomic E-state index is 10.5. The molecular formula is C11H14N4O2S. The summed E-state index contributed by atoms with van der Waals surface area (Å²) in [5.74, 6) is -0.795. The molecule has 0 fully saturated rings. The number of carboxylic acids is 1. The zero-order valence-corrected chi connectivity index (χ0v) is 10.8. The first-order chi connectivity index (χ1) is 8.65. The lowest BCUT2D eigenvalue weighted by atomic mass is 10.2. The maximum absolute atomic E-state index is 10.5. The number of aliphatic carboxylic acids is 1. The number of H-pyrrole nitrogens is 1. The summed E-state index contributed by atoms with van der Waals surface area (Å²) in [5.41, 5.74) is 1.91. The Morgan fingerprint density at radius 2 is 2.44 bits per heavy atom. The van der Waals surface area contributed by atoms with Crippen LogP contribution in [0.3, 0.4) is 0 Å². The highest BCUT2D eigenvalue weighted by Gasteiger charge is 2.09. The zero-order valence-electron chi connectivity index (χ0n) is 9.96. The SMILES string of the molecule is CN(Cc1cn[nH]c1)c1nc(CCC(=O)O)cs1. The summed E-state index contributed by atoms with van der Waals surface area (Å²) >= 11 is 1.52. The number of hydrogen-bond donors (Lipinski definition) is 2. The highest BCUT2D eigenvalue weighted by Crippen LogP contribution is 2.21. The Morgan fingerprint density at radius 1 is 1.61 bits per heavy atom. The molecule has 0 saturated carbocycles. The van der Waals surface area contributed by atoms with Gasteiger partial charge in [0.1, 0.15) is 0 Å². The van der Waals surface area contributed by atoms with Crippen molar-refractivity contribution < 1.29 is 9.90 Å². The first-order valence-electron chi connectivity index (χ1n) is 5.50. The van der Waals surface area contributed by atoms with Gasteiger partial charge < -0.3 is 10.0 Å². The Balaban J connectivity index is 1.94. The Morgan fingerprint density at radius 3 is 3.11 bits per heavy atom. The van der Waals surface area contributed by atoms with Crippen LogP contribution in [0.25, 0.3) is 0 Å². The molecule has 96 valence electrons. The molecule has 2 aromatic heterocycles. The zero-order chi connectivity index (χ0) is 13.0. The molecule has 0 unspecified atom stereocenters. The molecule has 0 aliphatic heterocycles. The third-order valence-electron chi connectivity index (χ3n) is 2.44. The van der Waals surface area contributed by atoms with Crippen molar-refractivity contribution in [2.75, 3.05) is 11.9 Å². The normalized spacial score (nSPS) is 10.5. The van der Waals surface area contributed by atoms with Crippen molar-refractivity contribution in [1.29, 1.82) is 0 Å². The van der Waals surface area contributed by atoms with Crippen LogP contribution < -0.4 is 4.90 Å². The summed E-state index contributed by atoms with van der Waals surface area (Å²) in [6, 6.07) is 0. The second-order valence-electron chi connectivity index (χ2n) is 3.98. The molecule has 0 amide bonds. The minimum absolute atomic E-state index is 0.120. The Bertz CT molecular complexity index is 509. The number of nitrogens with one attached hydrogen (secondary N) is 1. The van der Waals surface area contributed by atoms with Gasteiger partial charge in [0.15, 0.2) is 5.13 Å². The largest absolute Gasteiger partial charge is 0.481 e. The molecule has 0 aliphatic rings. The average molecular weight is 266 g/mol. The smallest absolute Gasteiger partial charge is 0.303 e. The monoisotopic (exact) mass is 266 g/mol. The van der Waals surface area contributed by atoms with Gasteiger partial charge in [-0.2, -0.15) is 5.10 Å². The topological polar surface area (TPSA) is 82.1 Å². The molecule has 0 radical (unpaired) electrons. The van der Waals surface area contributed by atoms with Gasteiger partial charge >= 0.3 is 5.97 Å². The van der Waals surface area contributed by atoms with E-state index in [1.54, 1.807) is 6.20 Å². The third kappa shape index (κ3) is 3.30. The van der Waals surface area contributed by atoms with Gasteiger partial charge in [-0.15, -0.1) is 11.3 Å². The molecule has 0 atom stereocenters. The second kappa shape index (κ2) is 5.63. The molecule has 0 aromatic carbocycles. The number of hydrogen-bond acceptors (Lipinski definition) is 5. The highest BCUT2D eigenvalue weighted by molar-refractivity contribution is 7.13. The van der Waals surface area contributed by atoms with Gasteiger partial charge in [0.25, 0.3) is 0 Å². The van der Waals surface area contributed by atoms with Crippen LogP contribution >= 0.6 is 11.3 Å². The van der Waals surface area contributed by atoms with Crippen LogP contribution in [0.15, 0.2) is 17.8 Å². The van der Waals surface area contributed by atoms with Crippen LogP contribution in [-0.4, -0.2) is 33.3 Å². The fourth-order valence-electron chi connectivity index (χ4n) is 1.53. The van der Waals surface area contributed by atoms with Gasteiger partial charge in [-0.3, -0.25) is 9.89 Å². The van der Waals surface area contributed by atoms with Crippen molar-refractivity contribution in [3.8, 4) is 0 Å². The van der Waals surface area contributed by atoms with E-state index >= 15 is 0 Å². The molecule has 6 nitrogen and oxygen atoms in total. The van der Waals surface area contributed by atoms with Gasteiger partial charge in [0, 0.05) is 37.2 Å². The lowest BCUT2D eigenvalue weighted by Gasteiger charge is -2.13. The Labute approximate surface area is 108 Å². The van der Waals surface area contributed by atoms with E-state index in [4.69, 9.17) is 5.11 Å². The summed E-state index contributed by atoms with van der Waals surface area (Å²) in [5, 5.41) is 18.1.